The molecule has 0 spiro atoms. The number of amides is 1. The number of anilines is 1. The van der Waals surface area contributed by atoms with E-state index >= 15 is 0 Å². The van der Waals surface area contributed by atoms with E-state index in [1.165, 1.54) is 0 Å². The van der Waals surface area contributed by atoms with Crippen LogP contribution in [0.1, 0.15) is 49.0 Å². The van der Waals surface area contributed by atoms with Crippen LogP contribution in [0.2, 0.25) is 0 Å². The van der Waals surface area contributed by atoms with E-state index in [0.717, 1.165) is 13.0 Å². The molecule has 2 aromatic rings. The Bertz CT molecular complexity index is 828. The maximum Gasteiger partial charge on any atom is 0.297 e. The van der Waals surface area contributed by atoms with Crippen molar-refractivity contribution in [1.29, 1.82) is 0 Å². The van der Waals surface area contributed by atoms with Crippen molar-refractivity contribution in [1.82, 2.24) is 14.9 Å². The highest BCUT2D eigenvalue weighted by Crippen LogP contribution is 2.28. The molecule has 1 saturated heterocycles. The number of carbonyl (C=O) groups is 1. The Hall–Kier alpha value is -2.61. The number of carbonyl (C=O) groups excluding carboxylic acids is 1. The van der Waals surface area contributed by atoms with E-state index in [1.54, 1.807) is 39.1 Å². The van der Waals surface area contributed by atoms with Gasteiger partial charge in [0.1, 0.15) is 22.6 Å². The number of hydrogen-bond donors (Lipinski definition) is 1. The van der Waals surface area contributed by atoms with Crippen molar-refractivity contribution in [2.24, 2.45) is 0 Å². The Labute approximate surface area is 165 Å². The number of nitrogens with zero attached hydrogens (tertiary/aromatic N) is 4. The summed E-state index contributed by atoms with van der Waals surface area (Å²) in [5.41, 5.74) is -0.0409. The molecule has 0 radical (unpaired) electrons. The quantitative estimate of drug-likeness (QED) is 0.840. The number of rotatable bonds is 5. The molecule has 28 heavy (non-hydrogen) atoms. The Morgan fingerprint density at radius 1 is 1.32 bits per heavy atom. The Kier molecular flexibility index (Phi) is 5.88. The van der Waals surface area contributed by atoms with E-state index in [0.29, 0.717) is 55.2 Å². The van der Waals surface area contributed by atoms with E-state index in [1.807, 2.05) is 16.7 Å². The van der Waals surface area contributed by atoms with Gasteiger partial charge in [-0.05, 0) is 46.2 Å². The lowest BCUT2D eigenvalue weighted by Crippen LogP contribution is -2.35. The summed E-state index contributed by atoms with van der Waals surface area (Å²) in [5, 5.41) is 10.2. The van der Waals surface area contributed by atoms with Crippen LogP contribution in [0.3, 0.4) is 0 Å². The molecule has 8 nitrogen and oxygen atoms in total. The number of aromatic nitrogens is 2. The lowest BCUT2D eigenvalue weighted by molar-refractivity contribution is 0.0727. The average molecular weight is 388 g/mol. The highest BCUT2D eigenvalue weighted by Gasteiger charge is 2.28. The molecule has 0 aromatic carbocycles. The predicted octanol–water partition coefficient (Wildman–Crippen LogP) is 2.36. The number of pyridine rings is 1. The van der Waals surface area contributed by atoms with Crippen LogP contribution in [0.4, 0.5) is 6.01 Å². The van der Waals surface area contributed by atoms with Crippen molar-refractivity contribution in [3.8, 4) is 5.88 Å². The summed E-state index contributed by atoms with van der Waals surface area (Å²) >= 11 is 0. The predicted molar refractivity (Wildman–Crippen MR) is 105 cm³/mol. The molecule has 152 valence electrons. The maximum absolute atomic E-state index is 13.0. The van der Waals surface area contributed by atoms with Crippen LogP contribution in [0.15, 0.2) is 22.7 Å². The van der Waals surface area contributed by atoms with Crippen LogP contribution in [0.25, 0.3) is 0 Å². The van der Waals surface area contributed by atoms with Gasteiger partial charge in [-0.15, -0.1) is 0 Å². The Morgan fingerprint density at radius 3 is 2.79 bits per heavy atom. The van der Waals surface area contributed by atoms with Crippen LogP contribution < -0.4 is 9.64 Å². The average Bonchev–Trinajstić information content (AvgIpc) is 2.89. The largest absolute Gasteiger partial charge is 0.477 e. The second kappa shape index (κ2) is 8.18. The lowest BCUT2D eigenvalue weighted by Gasteiger charge is -2.22. The summed E-state index contributed by atoms with van der Waals surface area (Å²) in [7, 11) is 0. The molecule has 0 aliphatic carbocycles. The molecule has 8 heteroatoms. The van der Waals surface area contributed by atoms with Gasteiger partial charge in [-0.2, -0.15) is 4.98 Å². The number of aliphatic hydroxyl groups is 1. The molecule has 1 amide bonds. The lowest BCUT2D eigenvalue weighted by atomic mass is 10.0. The molecule has 0 saturated carbocycles. The second-order valence-electron chi connectivity index (χ2n) is 7.38. The first kappa shape index (κ1) is 20.1. The normalized spacial score (nSPS) is 15.5. The van der Waals surface area contributed by atoms with Gasteiger partial charge in [0.25, 0.3) is 11.9 Å². The van der Waals surface area contributed by atoms with Crippen molar-refractivity contribution >= 4 is 11.9 Å². The molecule has 3 heterocycles. The third kappa shape index (κ3) is 4.27. The monoisotopic (exact) mass is 388 g/mol. The van der Waals surface area contributed by atoms with Crippen LogP contribution in [-0.2, 0) is 5.60 Å². The first-order valence-electron chi connectivity index (χ1n) is 9.63. The standard InChI is InChI=1S/C20H28N4O4/c1-5-27-17-15(8-6-9-21-17)18(25)23-10-7-11-24(13-12-23)19-22-16(14(2)28-19)20(3,4)26/h6,8-9,26H,5,7,10-13H2,1-4H3. The highest BCUT2D eigenvalue weighted by molar-refractivity contribution is 5.96. The molecule has 1 fully saturated rings. The Balaban J connectivity index is 1.73. The zero-order valence-corrected chi connectivity index (χ0v) is 16.9. The fourth-order valence-electron chi connectivity index (χ4n) is 3.37. The van der Waals surface area contributed by atoms with Crippen molar-refractivity contribution in [2.75, 3.05) is 37.7 Å². The third-order valence-electron chi connectivity index (χ3n) is 4.70. The topological polar surface area (TPSA) is 91.9 Å². The van der Waals surface area contributed by atoms with Gasteiger partial charge in [-0.1, -0.05) is 0 Å². The van der Waals surface area contributed by atoms with Crippen molar-refractivity contribution in [3.05, 3.63) is 35.3 Å². The maximum atomic E-state index is 13.0. The summed E-state index contributed by atoms with van der Waals surface area (Å²) in [6, 6.07) is 3.98. The first-order valence-corrected chi connectivity index (χ1v) is 9.63. The van der Waals surface area contributed by atoms with E-state index in [9.17, 15) is 9.90 Å². The van der Waals surface area contributed by atoms with Crippen molar-refractivity contribution < 1.29 is 19.1 Å². The Morgan fingerprint density at radius 2 is 2.11 bits per heavy atom. The van der Waals surface area contributed by atoms with Crippen LogP contribution in [0, 0.1) is 6.92 Å². The molecule has 1 aliphatic rings. The van der Waals surface area contributed by atoms with Gasteiger partial charge in [-0.25, -0.2) is 4.98 Å². The molecular formula is C20H28N4O4. The summed E-state index contributed by atoms with van der Waals surface area (Å²) in [6.07, 6.45) is 2.41. The fraction of sp³-hybridized carbons (Fsp3) is 0.550. The molecule has 1 N–H and O–H groups in total. The van der Waals surface area contributed by atoms with Gasteiger partial charge in [0.15, 0.2) is 0 Å². The fourth-order valence-corrected chi connectivity index (χ4v) is 3.37. The summed E-state index contributed by atoms with van der Waals surface area (Å²) in [5.74, 6) is 0.893. The summed E-state index contributed by atoms with van der Waals surface area (Å²) in [4.78, 5) is 25.5. The second-order valence-corrected chi connectivity index (χ2v) is 7.38. The SMILES string of the molecule is CCOc1ncccc1C(=O)N1CCCN(c2nc(C(C)(C)O)c(C)o2)CC1. The van der Waals surface area contributed by atoms with Gasteiger partial charge in [-0.3, -0.25) is 4.79 Å². The molecule has 0 unspecified atom stereocenters. The van der Waals surface area contributed by atoms with Gasteiger partial charge >= 0.3 is 0 Å². The highest BCUT2D eigenvalue weighted by atomic mass is 16.5. The van der Waals surface area contributed by atoms with Crippen molar-refractivity contribution in [2.45, 2.75) is 39.7 Å². The van der Waals surface area contributed by atoms with Crippen LogP contribution in [-0.4, -0.2) is 58.7 Å². The van der Waals surface area contributed by atoms with Gasteiger partial charge in [0.2, 0.25) is 5.88 Å². The summed E-state index contributed by atoms with van der Waals surface area (Å²) in [6.45, 7) is 10.00. The minimum Gasteiger partial charge on any atom is -0.477 e. The van der Waals surface area contributed by atoms with E-state index in [2.05, 4.69) is 9.97 Å². The number of hydrogen-bond acceptors (Lipinski definition) is 7. The van der Waals surface area contributed by atoms with Gasteiger partial charge in [0, 0.05) is 32.4 Å². The van der Waals surface area contributed by atoms with Gasteiger partial charge < -0.3 is 24.1 Å². The summed E-state index contributed by atoms with van der Waals surface area (Å²) < 4.78 is 11.3. The van der Waals surface area contributed by atoms with E-state index in [-0.39, 0.29) is 5.91 Å². The smallest absolute Gasteiger partial charge is 0.297 e. The first-order chi connectivity index (χ1) is 13.3. The number of oxazole rings is 1. The van der Waals surface area contributed by atoms with Gasteiger partial charge in [0.05, 0.1) is 6.61 Å². The van der Waals surface area contributed by atoms with Crippen LogP contribution in [0.5, 0.6) is 5.88 Å². The molecule has 0 atom stereocenters. The minimum atomic E-state index is -1.06. The van der Waals surface area contributed by atoms with E-state index < -0.39 is 5.60 Å². The van der Waals surface area contributed by atoms with E-state index in [4.69, 9.17) is 9.15 Å². The third-order valence-corrected chi connectivity index (χ3v) is 4.70. The zero-order valence-electron chi connectivity index (χ0n) is 16.9. The molecule has 1 aliphatic heterocycles. The molecule has 0 bridgehead atoms. The van der Waals surface area contributed by atoms with Crippen LogP contribution >= 0.6 is 0 Å². The zero-order chi connectivity index (χ0) is 20.3. The van der Waals surface area contributed by atoms with Crippen molar-refractivity contribution in [3.63, 3.8) is 0 Å². The minimum absolute atomic E-state index is 0.0841. The number of aryl methyl sites for hydroxylation is 1. The molecule has 3 rings (SSSR count). The molecular weight excluding hydrogens is 360 g/mol. The molecule has 2 aromatic heterocycles. The number of ether oxygens (including phenoxy) is 1.